The Morgan fingerprint density at radius 1 is 1.25 bits per heavy atom. The first-order chi connectivity index (χ1) is 7.50. The molecule has 1 aromatic carbocycles. The van der Waals surface area contributed by atoms with Crippen LogP contribution in [0.2, 0.25) is 0 Å². The molecule has 0 radical (unpaired) electrons. The molecule has 0 saturated carbocycles. The van der Waals surface area contributed by atoms with Gasteiger partial charge in [-0.05, 0) is 51.0 Å². The van der Waals surface area contributed by atoms with Gasteiger partial charge in [-0.25, -0.2) is 0 Å². The van der Waals surface area contributed by atoms with Crippen molar-refractivity contribution < 1.29 is 4.74 Å². The van der Waals surface area contributed by atoms with Crippen LogP contribution in [0.3, 0.4) is 0 Å². The largest absolute Gasteiger partial charge is 0.383 e. The number of nitrogens with one attached hydrogen (secondary N) is 1. The third-order valence-electron chi connectivity index (χ3n) is 2.32. The van der Waals surface area contributed by atoms with Crippen LogP contribution in [0.4, 0.5) is 5.69 Å². The number of anilines is 1. The van der Waals surface area contributed by atoms with Gasteiger partial charge in [0.05, 0.1) is 12.7 Å². The van der Waals surface area contributed by atoms with Crippen molar-refractivity contribution in [2.24, 2.45) is 0 Å². The maximum absolute atomic E-state index is 5.48. The lowest BCUT2D eigenvalue weighted by atomic mass is 10.1. The van der Waals surface area contributed by atoms with Crippen LogP contribution >= 0.6 is 15.9 Å². The summed E-state index contributed by atoms with van der Waals surface area (Å²) in [6.45, 7) is 9.89. The number of ether oxygens (including phenoxy) is 1. The fourth-order valence-electron chi connectivity index (χ4n) is 1.54. The highest BCUT2D eigenvalue weighted by Crippen LogP contribution is 2.24. The standard InChI is InChI=1S/C13H20BrNO/c1-9(2)16-6-5-15-12-7-10(3)13(14)11(4)8-12/h7-9,15H,5-6H2,1-4H3. The third-order valence-corrected chi connectivity index (χ3v) is 3.57. The van der Waals surface area contributed by atoms with Gasteiger partial charge in [0.15, 0.2) is 0 Å². The van der Waals surface area contributed by atoms with Gasteiger partial charge < -0.3 is 10.1 Å². The Hall–Kier alpha value is -0.540. The first-order valence-corrected chi connectivity index (χ1v) is 6.42. The Morgan fingerprint density at radius 3 is 2.31 bits per heavy atom. The summed E-state index contributed by atoms with van der Waals surface area (Å²) >= 11 is 3.56. The van der Waals surface area contributed by atoms with Gasteiger partial charge >= 0.3 is 0 Å². The van der Waals surface area contributed by atoms with Crippen molar-refractivity contribution in [3.63, 3.8) is 0 Å². The van der Waals surface area contributed by atoms with Gasteiger partial charge in [-0.2, -0.15) is 0 Å². The number of aryl methyl sites for hydroxylation is 2. The maximum Gasteiger partial charge on any atom is 0.0642 e. The fourth-order valence-corrected chi connectivity index (χ4v) is 1.77. The van der Waals surface area contributed by atoms with E-state index in [4.69, 9.17) is 4.74 Å². The number of benzene rings is 1. The molecule has 0 unspecified atom stereocenters. The van der Waals surface area contributed by atoms with E-state index in [-0.39, 0.29) is 0 Å². The summed E-state index contributed by atoms with van der Waals surface area (Å²) in [4.78, 5) is 0. The van der Waals surface area contributed by atoms with Crippen molar-refractivity contribution >= 4 is 21.6 Å². The van der Waals surface area contributed by atoms with Gasteiger partial charge in [0.1, 0.15) is 0 Å². The zero-order valence-corrected chi connectivity index (χ0v) is 12.0. The summed E-state index contributed by atoms with van der Waals surface area (Å²) in [6.07, 6.45) is 0.301. The van der Waals surface area contributed by atoms with E-state index >= 15 is 0 Å². The van der Waals surface area contributed by atoms with E-state index in [1.54, 1.807) is 0 Å². The summed E-state index contributed by atoms with van der Waals surface area (Å²) in [6, 6.07) is 4.29. The van der Waals surface area contributed by atoms with Crippen LogP contribution in [0, 0.1) is 13.8 Å². The van der Waals surface area contributed by atoms with Crippen LogP contribution in [0.15, 0.2) is 16.6 Å². The van der Waals surface area contributed by atoms with Gasteiger partial charge in [0.25, 0.3) is 0 Å². The molecule has 90 valence electrons. The first kappa shape index (κ1) is 13.5. The molecule has 0 aliphatic heterocycles. The molecule has 0 spiro atoms. The van der Waals surface area contributed by atoms with Crippen molar-refractivity contribution in [2.45, 2.75) is 33.8 Å². The van der Waals surface area contributed by atoms with E-state index in [0.717, 1.165) is 18.8 Å². The van der Waals surface area contributed by atoms with Crippen LogP contribution in [0.25, 0.3) is 0 Å². The van der Waals surface area contributed by atoms with E-state index in [9.17, 15) is 0 Å². The zero-order valence-electron chi connectivity index (χ0n) is 10.4. The van der Waals surface area contributed by atoms with E-state index in [2.05, 4.69) is 47.2 Å². The first-order valence-electron chi connectivity index (χ1n) is 5.63. The van der Waals surface area contributed by atoms with Gasteiger partial charge in [0.2, 0.25) is 0 Å². The third kappa shape index (κ3) is 4.14. The molecule has 0 atom stereocenters. The van der Waals surface area contributed by atoms with Gasteiger partial charge in [-0.3, -0.25) is 0 Å². The van der Waals surface area contributed by atoms with Crippen molar-refractivity contribution in [3.8, 4) is 0 Å². The smallest absolute Gasteiger partial charge is 0.0642 e. The Morgan fingerprint density at radius 2 is 1.81 bits per heavy atom. The van der Waals surface area contributed by atoms with Crippen molar-refractivity contribution in [2.75, 3.05) is 18.5 Å². The second-order valence-electron chi connectivity index (χ2n) is 4.27. The van der Waals surface area contributed by atoms with Crippen LogP contribution < -0.4 is 5.32 Å². The lowest BCUT2D eigenvalue weighted by Crippen LogP contribution is -2.13. The predicted octanol–water partition coefficient (Wildman–Crippen LogP) is 3.90. The average Bonchev–Trinajstić information content (AvgIpc) is 2.20. The van der Waals surface area contributed by atoms with Crippen molar-refractivity contribution in [3.05, 3.63) is 27.7 Å². The molecule has 0 aliphatic carbocycles. The van der Waals surface area contributed by atoms with Crippen molar-refractivity contribution in [1.82, 2.24) is 0 Å². The lowest BCUT2D eigenvalue weighted by molar-refractivity contribution is 0.0870. The van der Waals surface area contributed by atoms with Gasteiger partial charge in [-0.1, -0.05) is 15.9 Å². The number of rotatable bonds is 5. The summed E-state index contributed by atoms with van der Waals surface area (Å²) in [7, 11) is 0. The molecule has 1 rings (SSSR count). The Labute approximate surface area is 107 Å². The summed E-state index contributed by atoms with van der Waals surface area (Å²) in [5.74, 6) is 0. The molecule has 1 aromatic rings. The highest BCUT2D eigenvalue weighted by molar-refractivity contribution is 9.10. The Balaban J connectivity index is 2.49. The van der Waals surface area contributed by atoms with Crippen LogP contribution in [-0.2, 0) is 4.74 Å². The monoisotopic (exact) mass is 285 g/mol. The van der Waals surface area contributed by atoms with Gasteiger partial charge in [-0.15, -0.1) is 0 Å². The quantitative estimate of drug-likeness (QED) is 0.829. The molecule has 1 N–H and O–H groups in total. The SMILES string of the molecule is Cc1cc(NCCOC(C)C)cc(C)c1Br. The van der Waals surface area contributed by atoms with Gasteiger partial charge in [0, 0.05) is 16.7 Å². The number of hydrogen-bond donors (Lipinski definition) is 1. The molecule has 0 aromatic heterocycles. The molecule has 0 aliphatic rings. The molecular formula is C13H20BrNO. The zero-order chi connectivity index (χ0) is 12.1. The summed E-state index contributed by atoms with van der Waals surface area (Å²) in [5.41, 5.74) is 3.67. The Bertz CT molecular complexity index is 327. The molecule has 2 nitrogen and oxygen atoms in total. The Kier molecular flexibility index (Phi) is 5.29. The molecular weight excluding hydrogens is 266 g/mol. The number of hydrogen-bond acceptors (Lipinski definition) is 2. The minimum atomic E-state index is 0.301. The minimum absolute atomic E-state index is 0.301. The number of halogens is 1. The van der Waals surface area contributed by atoms with E-state index in [1.165, 1.54) is 15.6 Å². The fraction of sp³-hybridized carbons (Fsp3) is 0.538. The second kappa shape index (κ2) is 6.26. The topological polar surface area (TPSA) is 21.3 Å². The van der Waals surface area contributed by atoms with E-state index in [0.29, 0.717) is 6.10 Å². The molecule has 16 heavy (non-hydrogen) atoms. The predicted molar refractivity (Wildman–Crippen MR) is 73.2 cm³/mol. The average molecular weight is 286 g/mol. The molecule has 0 heterocycles. The molecule has 0 saturated heterocycles. The summed E-state index contributed by atoms with van der Waals surface area (Å²) in [5, 5.41) is 3.36. The van der Waals surface area contributed by atoms with Crippen LogP contribution in [-0.4, -0.2) is 19.3 Å². The highest BCUT2D eigenvalue weighted by Gasteiger charge is 2.01. The summed E-state index contributed by atoms with van der Waals surface area (Å²) < 4.78 is 6.67. The molecule has 0 bridgehead atoms. The molecule has 0 fully saturated rings. The van der Waals surface area contributed by atoms with E-state index < -0.39 is 0 Å². The highest BCUT2D eigenvalue weighted by atomic mass is 79.9. The minimum Gasteiger partial charge on any atom is -0.383 e. The molecule has 3 heteroatoms. The molecule has 0 amide bonds. The lowest BCUT2D eigenvalue weighted by Gasteiger charge is -2.12. The van der Waals surface area contributed by atoms with Crippen molar-refractivity contribution in [1.29, 1.82) is 0 Å². The van der Waals surface area contributed by atoms with Crippen LogP contribution in [0.5, 0.6) is 0 Å². The maximum atomic E-state index is 5.48. The van der Waals surface area contributed by atoms with Crippen LogP contribution in [0.1, 0.15) is 25.0 Å². The second-order valence-corrected chi connectivity index (χ2v) is 5.06. The normalized spacial score (nSPS) is 10.9. The van der Waals surface area contributed by atoms with E-state index in [1.807, 2.05) is 13.8 Å².